The van der Waals surface area contributed by atoms with Crippen LogP contribution >= 0.6 is 34.8 Å². The van der Waals surface area contributed by atoms with Crippen LogP contribution in [0.5, 0.6) is 0 Å². The van der Waals surface area contributed by atoms with Gasteiger partial charge < -0.3 is 18.6 Å². The third kappa shape index (κ3) is 12.1. The number of alkyl halides is 3. The molecule has 11 heteroatoms. The van der Waals surface area contributed by atoms with Gasteiger partial charge in [-0.3, -0.25) is 9.59 Å². The molecule has 0 rings (SSSR count). The Hall–Kier alpha value is -0.983. The summed E-state index contributed by atoms with van der Waals surface area (Å²) >= 11 is 17.1. The summed E-state index contributed by atoms with van der Waals surface area (Å²) in [5.74, 6) is -0.0877. The summed E-state index contributed by atoms with van der Waals surface area (Å²) < 4.78 is 21.3. The van der Waals surface area contributed by atoms with Crippen molar-refractivity contribution in [1.82, 2.24) is 0 Å². The van der Waals surface area contributed by atoms with Crippen LogP contribution in [0.2, 0.25) is 18.1 Å². The Labute approximate surface area is 257 Å². The van der Waals surface area contributed by atoms with Crippen LogP contribution in [0.15, 0.2) is 0 Å². The number of carbonyl (C=O) groups excluding carboxylic acids is 3. The molecule has 0 aliphatic carbocycles. The molecule has 0 saturated carbocycles. The van der Waals surface area contributed by atoms with Crippen LogP contribution in [0.1, 0.15) is 82.6 Å². The third-order valence-corrected chi connectivity index (χ3v) is 12.3. The minimum Gasteiger partial charge on any atom is -0.460 e. The molecule has 0 spiro atoms. The lowest BCUT2D eigenvalue weighted by Gasteiger charge is -2.44. The van der Waals surface area contributed by atoms with Crippen molar-refractivity contribution in [3.63, 3.8) is 0 Å². The van der Waals surface area contributed by atoms with E-state index in [4.69, 9.17) is 59.9 Å². The zero-order valence-electron chi connectivity index (χ0n) is 26.0. The molecule has 0 aromatic carbocycles. The van der Waals surface area contributed by atoms with Crippen molar-refractivity contribution in [3.05, 3.63) is 0 Å². The van der Waals surface area contributed by atoms with E-state index >= 15 is 0 Å². The van der Waals surface area contributed by atoms with Crippen molar-refractivity contribution in [2.45, 2.75) is 122 Å². The first kappa shape index (κ1) is 39.0. The van der Waals surface area contributed by atoms with E-state index in [0.29, 0.717) is 0 Å². The van der Waals surface area contributed by atoms with Gasteiger partial charge in [-0.05, 0) is 45.8 Å². The van der Waals surface area contributed by atoms with Crippen LogP contribution in [0, 0.1) is 35.5 Å². The molecule has 0 bridgehead atoms. The van der Waals surface area contributed by atoms with E-state index < -0.39 is 71.8 Å². The largest absolute Gasteiger partial charge is 0.508 e. The second kappa shape index (κ2) is 16.0. The van der Waals surface area contributed by atoms with E-state index in [1.165, 1.54) is 0 Å². The van der Waals surface area contributed by atoms with Gasteiger partial charge in [0, 0.05) is 17.8 Å². The van der Waals surface area contributed by atoms with Crippen LogP contribution in [-0.2, 0) is 28.2 Å². The molecule has 0 amide bonds. The first-order valence-electron chi connectivity index (χ1n) is 13.9. The lowest BCUT2D eigenvalue weighted by atomic mass is 9.71. The molecule has 7 nitrogen and oxygen atoms in total. The molecule has 0 aliphatic rings. The van der Waals surface area contributed by atoms with Gasteiger partial charge in [-0.1, -0.05) is 83.3 Å². The third-order valence-electron chi connectivity index (χ3n) is 7.38. The minimum atomic E-state index is -2.28. The van der Waals surface area contributed by atoms with Crippen LogP contribution in [0.25, 0.3) is 0 Å². The molecule has 0 N–H and O–H groups in total. The van der Waals surface area contributed by atoms with Crippen LogP contribution < -0.4 is 0 Å². The second-order valence-corrected chi connectivity index (χ2v) is 19.3. The van der Waals surface area contributed by atoms with E-state index in [-0.39, 0.29) is 12.2 Å². The molecule has 0 aromatic heterocycles. The molecule has 0 aliphatic heterocycles. The number of esters is 1. The fourth-order valence-electron chi connectivity index (χ4n) is 4.84. The van der Waals surface area contributed by atoms with Gasteiger partial charge in [-0.2, -0.15) is 0 Å². The van der Waals surface area contributed by atoms with Crippen LogP contribution in [0.4, 0.5) is 4.79 Å². The Morgan fingerprint density at radius 3 is 1.80 bits per heavy atom. The maximum atomic E-state index is 14.3. The van der Waals surface area contributed by atoms with Crippen molar-refractivity contribution < 1.29 is 33.0 Å². The molecule has 0 fully saturated rings. The highest BCUT2D eigenvalue weighted by Crippen LogP contribution is 2.40. The average Bonchev–Trinajstić information content (AvgIpc) is 2.84. The molecule has 5 atom stereocenters. The van der Waals surface area contributed by atoms with Crippen LogP contribution in [-0.4, -0.2) is 54.4 Å². The molecular weight excluding hydrogens is 595 g/mol. The normalized spacial score (nSPS) is 16.6. The average molecular weight is 644 g/mol. The maximum absolute atomic E-state index is 14.3. The number of ketones is 1. The highest BCUT2D eigenvalue weighted by Gasteiger charge is 2.50. The molecule has 0 unspecified atom stereocenters. The Bertz CT molecular complexity index is 877. The smallest absolute Gasteiger partial charge is 0.460 e. The van der Waals surface area contributed by atoms with Crippen molar-refractivity contribution in [2.24, 2.45) is 23.2 Å². The van der Waals surface area contributed by atoms with Gasteiger partial charge in [0.1, 0.15) is 24.1 Å². The number of hydrogen-bond donors (Lipinski definition) is 0. The standard InChI is InChI=1S/C29H49Cl3O7Si/c1-13-17-19(5)22(37-26(35)36-18-29(30,31)32)20(6)23(33)28(11,12)24(39-40(14-2,15-3)16-4)21(7)25(34)38-27(8,9)10/h1,19-22,24H,14-18H2,2-12H3/t19-,20+,21-,22-,24-/m0/s1. The summed E-state index contributed by atoms with van der Waals surface area (Å²) in [5.41, 5.74) is -1.87. The highest BCUT2D eigenvalue weighted by molar-refractivity contribution is 6.73. The van der Waals surface area contributed by atoms with Gasteiger partial charge in [-0.25, -0.2) is 4.79 Å². The Kier molecular flexibility index (Phi) is 15.6. The minimum absolute atomic E-state index is 0.242. The fourth-order valence-corrected chi connectivity index (χ4v) is 8.04. The van der Waals surface area contributed by atoms with Gasteiger partial charge in [-0.15, -0.1) is 12.3 Å². The lowest BCUT2D eigenvalue weighted by molar-refractivity contribution is -0.167. The number of carbonyl (C=O) groups is 3. The molecular formula is C29H49Cl3O7Si. The number of rotatable bonds is 15. The first-order chi connectivity index (χ1) is 18.1. The molecule has 0 radical (unpaired) electrons. The molecule has 0 saturated heterocycles. The predicted octanol–water partition coefficient (Wildman–Crippen LogP) is 8.14. The van der Waals surface area contributed by atoms with E-state index in [2.05, 4.69) is 26.7 Å². The maximum Gasteiger partial charge on any atom is 0.508 e. The Balaban J connectivity index is 6.48. The zero-order valence-corrected chi connectivity index (χ0v) is 29.3. The number of halogens is 3. The highest BCUT2D eigenvalue weighted by atomic mass is 35.6. The molecule has 232 valence electrons. The Morgan fingerprint density at radius 2 is 1.40 bits per heavy atom. The summed E-state index contributed by atoms with van der Waals surface area (Å²) in [7, 11) is -2.28. The SMILES string of the molecule is C#CC[C@H](C)[C@H](OC(=O)OCC(Cl)(Cl)Cl)[C@@H](C)C(=O)C(C)(C)[C@@H](O[Si](CC)(CC)CC)[C@H](C)C(=O)OC(C)(C)C. The monoisotopic (exact) mass is 642 g/mol. The van der Waals surface area contributed by atoms with E-state index in [1.807, 2.05) is 0 Å². The van der Waals surface area contributed by atoms with Crippen molar-refractivity contribution >= 4 is 61.0 Å². The van der Waals surface area contributed by atoms with Crippen molar-refractivity contribution in [1.29, 1.82) is 0 Å². The quantitative estimate of drug-likeness (QED) is 0.0770. The number of ether oxygens (including phenoxy) is 3. The van der Waals surface area contributed by atoms with Gasteiger partial charge in [0.05, 0.1) is 17.9 Å². The summed E-state index contributed by atoms with van der Waals surface area (Å²) in [6.07, 6.45) is 2.99. The predicted molar refractivity (Wildman–Crippen MR) is 164 cm³/mol. The molecule has 0 aromatic rings. The molecule has 40 heavy (non-hydrogen) atoms. The van der Waals surface area contributed by atoms with E-state index in [0.717, 1.165) is 18.1 Å². The van der Waals surface area contributed by atoms with E-state index in [1.54, 1.807) is 55.4 Å². The summed E-state index contributed by atoms with van der Waals surface area (Å²) in [5, 5.41) is 0. The van der Waals surface area contributed by atoms with Gasteiger partial charge in [0.2, 0.25) is 3.79 Å². The summed E-state index contributed by atoms with van der Waals surface area (Å²) in [6.45, 7) is 19.8. The number of Topliss-reactive ketones (excluding diaryl/α,β-unsaturated/α-hetero) is 1. The number of terminal acetylenes is 1. The lowest BCUT2D eigenvalue weighted by Crippen LogP contribution is -2.55. The van der Waals surface area contributed by atoms with Crippen molar-refractivity contribution in [2.75, 3.05) is 6.61 Å². The van der Waals surface area contributed by atoms with Gasteiger partial charge >= 0.3 is 12.1 Å². The topological polar surface area (TPSA) is 88.1 Å². The summed E-state index contributed by atoms with van der Waals surface area (Å²) in [6, 6.07) is 2.49. The summed E-state index contributed by atoms with van der Waals surface area (Å²) in [4.78, 5) is 40.0. The fraction of sp³-hybridized carbons (Fsp3) is 0.828. The van der Waals surface area contributed by atoms with Crippen LogP contribution in [0.3, 0.4) is 0 Å². The second-order valence-electron chi connectivity index (χ2n) is 12.1. The zero-order chi connectivity index (χ0) is 31.7. The van der Waals surface area contributed by atoms with E-state index in [9.17, 15) is 14.4 Å². The van der Waals surface area contributed by atoms with Gasteiger partial charge in [0.15, 0.2) is 8.32 Å². The Morgan fingerprint density at radius 1 is 0.900 bits per heavy atom. The van der Waals surface area contributed by atoms with Crippen molar-refractivity contribution in [3.8, 4) is 12.3 Å². The molecule has 0 heterocycles. The van der Waals surface area contributed by atoms with Gasteiger partial charge in [0.25, 0.3) is 0 Å². The number of hydrogen-bond acceptors (Lipinski definition) is 7. The first-order valence-corrected chi connectivity index (χ1v) is 17.6.